The van der Waals surface area contributed by atoms with E-state index in [0.717, 1.165) is 24.4 Å². The molecule has 19 heavy (non-hydrogen) atoms. The van der Waals surface area contributed by atoms with Gasteiger partial charge in [-0.05, 0) is 30.7 Å². The maximum absolute atomic E-state index is 9.22. The van der Waals surface area contributed by atoms with Crippen LogP contribution in [0.4, 0.5) is 11.5 Å². The third-order valence-corrected chi connectivity index (χ3v) is 3.10. The van der Waals surface area contributed by atoms with E-state index in [2.05, 4.69) is 16.0 Å². The van der Waals surface area contributed by atoms with Gasteiger partial charge in [0.2, 0.25) is 0 Å². The molecular formula is C15H13N3O. The number of nitriles is 1. The van der Waals surface area contributed by atoms with Crippen molar-refractivity contribution in [3.63, 3.8) is 0 Å². The first-order valence-corrected chi connectivity index (χ1v) is 6.24. The molecular weight excluding hydrogens is 238 g/mol. The minimum absolute atomic E-state index is 0.583. The number of para-hydroxylation sites is 2. The molecule has 0 fully saturated rings. The fraction of sp³-hybridized carbons (Fsp3) is 0.200. The number of aromatic nitrogens is 1. The molecule has 0 bridgehead atoms. The standard InChI is InChI=1S/C15H13N3O/c16-11-12-5-3-8-17-15(12)18-9-4-10-19-14-7-2-1-6-13(14)18/h1-3,5-8H,4,9-10H2. The van der Waals surface area contributed by atoms with Crippen LogP contribution in [0.25, 0.3) is 0 Å². The Bertz CT molecular complexity index is 633. The van der Waals surface area contributed by atoms with Crippen molar-refractivity contribution < 1.29 is 4.74 Å². The molecule has 2 heterocycles. The number of pyridine rings is 1. The summed E-state index contributed by atoms with van der Waals surface area (Å²) in [6.45, 7) is 1.48. The second kappa shape index (κ2) is 4.99. The van der Waals surface area contributed by atoms with Crippen LogP contribution in [0, 0.1) is 11.3 Å². The summed E-state index contributed by atoms with van der Waals surface area (Å²) in [4.78, 5) is 6.42. The highest BCUT2D eigenvalue weighted by Gasteiger charge is 2.20. The highest BCUT2D eigenvalue weighted by Crippen LogP contribution is 2.35. The molecule has 0 spiro atoms. The lowest BCUT2D eigenvalue weighted by Crippen LogP contribution is -2.19. The summed E-state index contributed by atoms with van der Waals surface area (Å²) in [5.74, 6) is 1.54. The van der Waals surface area contributed by atoms with Crippen LogP contribution >= 0.6 is 0 Å². The summed E-state index contributed by atoms with van der Waals surface area (Å²) in [6, 6.07) is 13.6. The molecule has 3 rings (SSSR count). The average Bonchev–Trinajstić information content (AvgIpc) is 2.69. The van der Waals surface area contributed by atoms with Crippen molar-refractivity contribution in [3.8, 4) is 11.8 Å². The van der Waals surface area contributed by atoms with E-state index in [9.17, 15) is 5.26 Å². The Morgan fingerprint density at radius 1 is 1.21 bits per heavy atom. The van der Waals surface area contributed by atoms with Crippen LogP contribution in [0.5, 0.6) is 5.75 Å². The SMILES string of the molecule is N#Cc1cccnc1N1CCCOc2ccccc21. The molecule has 4 heteroatoms. The second-order valence-corrected chi connectivity index (χ2v) is 4.31. The molecule has 0 aliphatic carbocycles. The van der Waals surface area contributed by atoms with E-state index in [1.165, 1.54) is 0 Å². The van der Waals surface area contributed by atoms with Crippen LogP contribution in [0.2, 0.25) is 0 Å². The molecule has 0 N–H and O–H groups in total. The van der Waals surface area contributed by atoms with Gasteiger partial charge in [0.25, 0.3) is 0 Å². The fourth-order valence-corrected chi connectivity index (χ4v) is 2.25. The van der Waals surface area contributed by atoms with Gasteiger partial charge in [-0.1, -0.05) is 12.1 Å². The fourth-order valence-electron chi connectivity index (χ4n) is 2.25. The molecule has 2 aromatic rings. The first kappa shape index (κ1) is 11.5. The number of nitrogens with zero attached hydrogens (tertiary/aromatic N) is 3. The quantitative estimate of drug-likeness (QED) is 0.782. The lowest BCUT2D eigenvalue weighted by Gasteiger charge is -2.23. The normalized spacial score (nSPS) is 13.9. The second-order valence-electron chi connectivity index (χ2n) is 4.31. The summed E-state index contributed by atoms with van der Waals surface area (Å²) in [5, 5.41) is 9.22. The molecule has 1 aromatic carbocycles. The van der Waals surface area contributed by atoms with E-state index in [-0.39, 0.29) is 0 Å². The van der Waals surface area contributed by atoms with Gasteiger partial charge >= 0.3 is 0 Å². The lowest BCUT2D eigenvalue weighted by molar-refractivity contribution is 0.322. The Hall–Kier alpha value is -2.54. The van der Waals surface area contributed by atoms with E-state index < -0.39 is 0 Å². The molecule has 0 unspecified atom stereocenters. The Labute approximate surface area is 111 Å². The summed E-state index contributed by atoms with van der Waals surface area (Å²) < 4.78 is 5.72. The summed E-state index contributed by atoms with van der Waals surface area (Å²) in [6.07, 6.45) is 2.61. The van der Waals surface area contributed by atoms with Crippen LogP contribution in [0.3, 0.4) is 0 Å². The van der Waals surface area contributed by atoms with Crippen LogP contribution in [-0.2, 0) is 0 Å². The topological polar surface area (TPSA) is 49.2 Å². The van der Waals surface area contributed by atoms with E-state index in [0.29, 0.717) is 18.0 Å². The maximum atomic E-state index is 9.22. The summed E-state index contributed by atoms with van der Waals surface area (Å²) in [5.41, 5.74) is 1.55. The lowest BCUT2D eigenvalue weighted by atomic mass is 10.2. The van der Waals surface area contributed by atoms with E-state index >= 15 is 0 Å². The van der Waals surface area contributed by atoms with E-state index in [1.54, 1.807) is 18.3 Å². The van der Waals surface area contributed by atoms with Gasteiger partial charge < -0.3 is 9.64 Å². The van der Waals surface area contributed by atoms with E-state index in [1.807, 2.05) is 24.3 Å². The number of benzene rings is 1. The zero-order chi connectivity index (χ0) is 13.1. The number of rotatable bonds is 1. The van der Waals surface area contributed by atoms with Gasteiger partial charge in [0, 0.05) is 12.7 Å². The van der Waals surface area contributed by atoms with Crippen molar-refractivity contribution >= 4 is 11.5 Å². The minimum Gasteiger partial charge on any atom is -0.491 e. The molecule has 1 aliphatic rings. The third-order valence-electron chi connectivity index (χ3n) is 3.10. The van der Waals surface area contributed by atoms with Crippen molar-refractivity contribution in [3.05, 3.63) is 48.2 Å². The number of hydrogen-bond acceptors (Lipinski definition) is 4. The minimum atomic E-state index is 0.583. The summed E-state index contributed by atoms with van der Waals surface area (Å²) in [7, 11) is 0. The van der Waals surface area contributed by atoms with Crippen LogP contribution in [-0.4, -0.2) is 18.1 Å². The van der Waals surface area contributed by atoms with Crippen molar-refractivity contribution in [2.24, 2.45) is 0 Å². The van der Waals surface area contributed by atoms with Gasteiger partial charge in [0.05, 0.1) is 17.9 Å². The van der Waals surface area contributed by atoms with Gasteiger partial charge in [-0.2, -0.15) is 5.26 Å². The number of anilines is 2. The number of hydrogen-bond donors (Lipinski definition) is 0. The molecule has 1 aliphatic heterocycles. The molecule has 1 aromatic heterocycles. The van der Waals surface area contributed by atoms with Crippen molar-refractivity contribution in [1.82, 2.24) is 4.98 Å². The summed E-state index contributed by atoms with van der Waals surface area (Å²) >= 11 is 0. The highest BCUT2D eigenvalue weighted by molar-refractivity contribution is 5.70. The van der Waals surface area contributed by atoms with Crippen LogP contribution < -0.4 is 9.64 Å². The largest absolute Gasteiger partial charge is 0.491 e. The molecule has 4 nitrogen and oxygen atoms in total. The first-order valence-electron chi connectivity index (χ1n) is 6.24. The predicted octanol–water partition coefficient (Wildman–Crippen LogP) is 2.87. The Kier molecular flexibility index (Phi) is 3.03. The van der Waals surface area contributed by atoms with Gasteiger partial charge in [0.1, 0.15) is 11.8 Å². The van der Waals surface area contributed by atoms with Crippen molar-refractivity contribution in [1.29, 1.82) is 5.26 Å². The predicted molar refractivity (Wildman–Crippen MR) is 72.5 cm³/mol. The molecule has 0 saturated carbocycles. The van der Waals surface area contributed by atoms with Gasteiger partial charge in [0.15, 0.2) is 5.82 Å². The molecule has 0 saturated heterocycles. The molecule has 0 radical (unpaired) electrons. The third kappa shape index (κ3) is 2.11. The average molecular weight is 251 g/mol. The molecule has 0 atom stereocenters. The highest BCUT2D eigenvalue weighted by atomic mass is 16.5. The Morgan fingerprint density at radius 3 is 3.00 bits per heavy atom. The molecule has 0 amide bonds. The van der Waals surface area contributed by atoms with Crippen molar-refractivity contribution in [2.75, 3.05) is 18.1 Å². The Morgan fingerprint density at radius 2 is 2.11 bits per heavy atom. The zero-order valence-electron chi connectivity index (χ0n) is 10.4. The number of fused-ring (bicyclic) bond motifs is 1. The molecule has 94 valence electrons. The zero-order valence-corrected chi connectivity index (χ0v) is 10.4. The monoisotopic (exact) mass is 251 g/mol. The van der Waals surface area contributed by atoms with Gasteiger partial charge in [-0.3, -0.25) is 0 Å². The number of ether oxygens (including phenoxy) is 1. The Balaban J connectivity index is 2.12. The first-order chi connectivity index (χ1) is 9.40. The van der Waals surface area contributed by atoms with Crippen LogP contribution in [0.15, 0.2) is 42.6 Å². The van der Waals surface area contributed by atoms with Gasteiger partial charge in [-0.15, -0.1) is 0 Å². The van der Waals surface area contributed by atoms with Crippen LogP contribution in [0.1, 0.15) is 12.0 Å². The smallest absolute Gasteiger partial charge is 0.151 e. The maximum Gasteiger partial charge on any atom is 0.151 e. The van der Waals surface area contributed by atoms with E-state index in [4.69, 9.17) is 4.74 Å². The van der Waals surface area contributed by atoms with Crippen molar-refractivity contribution in [2.45, 2.75) is 6.42 Å². The van der Waals surface area contributed by atoms with Gasteiger partial charge in [-0.25, -0.2) is 4.98 Å².